The molecule has 1 saturated heterocycles. The van der Waals surface area contributed by atoms with Gasteiger partial charge in [0.05, 0.1) is 6.04 Å². The Morgan fingerprint density at radius 2 is 1.86 bits per heavy atom. The van der Waals surface area contributed by atoms with Gasteiger partial charge in [0.15, 0.2) is 5.96 Å². The zero-order chi connectivity index (χ0) is 20.4. The summed E-state index contributed by atoms with van der Waals surface area (Å²) < 4.78 is 0. The second-order valence-electron chi connectivity index (χ2n) is 8.08. The van der Waals surface area contributed by atoms with E-state index in [-0.39, 0.29) is 24.0 Å². The molecule has 2 atom stereocenters. The number of rotatable bonds is 9. The van der Waals surface area contributed by atoms with E-state index in [0.717, 1.165) is 32.1 Å². The Hall–Kier alpha value is -0.860. The van der Waals surface area contributed by atoms with Gasteiger partial charge in [-0.2, -0.15) is 0 Å². The van der Waals surface area contributed by atoms with Crippen LogP contribution in [0.25, 0.3) is 0 Å². The van der Waals surface area contributed by atoms with Gasteiger partial charge < -0.3 is 15.5 Å². The van der Waals surface area contributed by atoms with E-state index in [4.69, 9.17) is 0 Å². The SMILES string of the molecule is CCN(CC)C(CNC(=NC)NCC1CCCN(C(C)C)C1)c1ccccc1.I. The van der Waals surface area contributed by atoms with Gasteiger partial charge in [-0.05, 0) is 57.8 Å². The monoisotopic (exact) mass is 515 g/mol. The van der Waals surface area contributed by atoms with E-state index in [0.29, 0.717) is 18.0 Å². The van der Waals surface area contributed by atoms with Crippen molar-refractivity contribution < 1.29 is 0 Å². The van der Waals surface area contributed by atoms with Gasteiger partial charge in [-0.15, -0.1) is 24.0 Å². The summed E-state index contributed by atoms with van der Waals surface area (Å²) in [5, 5.41) is 7.15. The van der Waals surface area contributed by atoms with Crippen LogP contribution in [-0.4, -0.2) is 68.1 Å². The smallest absolute Gasteiger partial charge is 0.191 e. The van der Waals surface area contributed by atoms with Crippen molar-refractivity contribution in [2.24, 2.45) is 10.9 Å². The molecule has 1 aliphatic rings. The lowest BCUT2D eigenvalue weighted by Gasteiger charge is -2.35. The van der Waals surface area contributed by atoms with E-state index in [9.17, 15) is 0 Å². The van der Waals surface area contributed by atoms with Crippen LogP contribution in [0.15, 0.2) is 35.3 Å². The summed E-state index contributed by atoms with van der Waals surface area (Å²) in [5.74, 6) is 1.61. The molecule has 1 heterocycles. The second-order valence-corrected chi connectivity index (χ2v) is 8.08. The number of benzene rings is 1. The molecule has 29 heavy (non-hydrogen) atoms. The maximum Gasteiger partial charge on any atom is 0.191 e. The van der Waals surface area contributed by atoms with Crippen LogP contribution < -0.4 is 10.6 Å². The Morgan fingerprint density at radius 3 is 2.45 bits per heavy atom. The Morgan fingerprint density at radius 1 is 1.17 bits per heavy atom. The van der Waals surface area contributed by atoms with E-state index < -0.39 is 0 Å². The Bertz CT molecular complexity index is 574. The third kappa shape index (κ3) is 8.42. The quantitative estimate of drug-likeness (QED) is 0.297. The number of likely N-dealkylation sites (N-methyl/N-ethyl adjacent to an activating group) is 1. The van der Waals surface area contributed by atoms with Crippen molar-refractivity contribution in [3.05, 3.63) is 35.9 Å². The van der Waals surface area contributed by atoms with Crippen molar-refractivity contribution in [2.45, 2.75) is 52.6 Å². The van der Waals surface area contributed by atoms with Crippen molar-refractivity contribution in [3.8, 4) is 0 Å². The van der Waals surface area contributed by atoms with Crippen molar-refractivity contribution in [1.82, 2.24) is 20.4 Å². The Balaban J connectivity index is 0.00000420. The molecule has 0 aromatic heterocycles. The van der Waals surface area contributed by atoms with E-state index in [1.807, 2.05) is 7.05 Å². The average molecular weight is 516 g/mol. The van der Waals surface area contributed by atoms with E-state index in [2.05, 4.69) is 83.5 Å². The molecule has 5 nitrogen and oxygen atoms in total. The first-order valence-corrected chi connectivity index (χ1v) is 11.1. The van der Waals surface area contributed by atoms with Crippen LogP contribution in [0, 0.1) is 5.92 Å². The Labute approximate surface area is 195 Å². The second kappa shape index (κ2) is 14.2. The Kier molecular flexibility index (Phi) is 12.8. The topological polar surface area (TPSA) is 42.9 Å². The van der Waals surface area contributed by atoms with Gasteiger partial charge in [0.2, 0.25) is 0 Å². The molecular weight excluding hydrogens is 473 g/mol. The average Bonchev–Trinajstić information content (AvgIpc) is 2.74. The minimum atomic E-state index is 0. The highest BCUT2D eigenvalue weighted by Crippen LogP contribution is 2.20. The van der Waals surface area contributed by atoms with Crippen molar-refractivity contribution in [2.75, 3.05) is 46.3 Å². The number of hydrogen-bond acceptors (Lipinski definition) is 3. The summed E-state index contributed by atoms with van der Waals surface area (Å²) in [6.45, 7) is 15.4. The lowest BCUT2D eigenvalue weighted by molar-refractivity contribution is 0.141. The van der Waals surface area contributed by atoms with Gasteiger partial charge in [-0.1, -0.05) is 44.2 Å². The molecule has 166 valence electrons. The molecule has 0 spiro atoms. The molecule has 0 amide bonds. The molecule has 0 bridgehead atoms. The number of guanidine groups is 1. The number of aliphatic imine (C=N–C) groups is 1. The standard InChI is InChI=1S/C23H41N5.HI/c1-6-27(7-2)22(21-13-9-8-10-14-21)17-26-23(24-5)25-16-20-12-11-15-28(18-20)19(3)4;/h8-10,13-14,19-20,22H,6-7,11-12,15-18H2,1-5H3,(H2,24,25,26);1H. The lowest BCUT2D eigenvalue weighted by Crippen LogP contribution is -2.47. The van der Waals surface area contributed by atoms with Gasteiger partial charge in [0.1, 0.15) is 0 Å². The minimum absolute atomic E-state index is 0. The van der Waals surface area contributed by atoms with Crippen LogP contribution in [0.2, 0.25) is 0 Å². The predicted octanol–water partition coefficient (Wildman–Crippen LogP) is 3.97. The highest BCUT2D eigenvalue weighted by molar-refractivity contribution is 14.0. The molecule has 2 unspecified atom stereocenters. The maximum absolute atomic E-state index is 4.47. The lowest BCUT2D eigenvalue weighted by atomic mass is 9.97. The van der Waals surface area contributed by atoms with Crippen LogP contribution in [0.1, 0.15) is 52.1 Å². The van der Waals surface area contributed by atoms with Gasteiger partial charge in [0.25, 0.3) is 0 Å². The summed E-state index contributed by atoms with van der Waals surface area (Å²) >= 11 is 0. The molecule has 1 aromatic carbocycles. The predicted molar refractivity (Wildman–Crippen MR) is 136 cm³/mol. The third-order valence-electron chi connectivity index (χ3n) is 5.96. The van der Waals surface area contributed by atoms with E-state index in [1.165, 1.54) is 31.5 Å². The van der Waals surface area contributed by atoms with Crippen LogP contribution in [0.5, 0.6) is 0 Å². The summed E-state index contributed by atoms with van der Waals surface area (Å²) in [5.41, 5.74) is 1.36. The summed E-state index contributed by atoms with van der Waals surface area (Å²) in [6, 6.07) is 11.8. The summed E-state index contributed by atoms with van der Waals surface area (Å²) in [6.07, 6.45) is 2.61. The number of hydrogen-bond donors (Lipinski definition) is 2. The van der Waals surface area contributed by atoms with Gasteiger partial charge in [-0.25, -0.2) is 0 Å². The molecule has 0 saturated carbocycles. The molecule has 0 radical (unpaired) electrons. The molecule has 1 fully saturated rings. The summed E-state index contributed by atoms with van der Waals surface area (Å²) in [4.78, 5) is 9.56. The largest absolute Gasteiger partial charge is 0.356 e. The number of nitrogens with one attached hydrogen (secondary N) is 2. The number of halogens is 1. The molecule has 1 aromatic rings. The normalized spacial score (nSPS) is 19.1. The maximum atomic E-state index is 4.47. The highest BCUT2D eigenvalue weighted by atomic mass is 127. The van der Waals surface area contributed by atoms with E-state index >= 15 is 0 Å². The first kappa shape index (κ1) is 26.2. The van der Waals surface area contributed by atoms with Crippen LogP contribution in [-0.2, 0) is 0 Å². The number of likely N-dealkylation sites (tertiary alicyclic amines) is 1. The van der Waals surface area contributed by atoms with Gasteiger partial charge >= 0.3 is 0 Å². The van der Waals surface area contributed by atoms with Crippen molar-refractivity contribution >= 4 is 29.9 Å². The fourth-order valence-electron chi connectivity index (χ4n) is 4.19. The summed E-state index contributed by atoms with van der Waals surface area (Å²) in [7, 11) is 1.87. The molecule has 6 heteroatoms. The molecular formula is C23H42IN5. The zero-order valence-electron chi connectivity index (χ0n) is 19.0. The van der Waals surface area contributed by atoms with Crippen LogP contribution in [0.4, 0.5) is 0 Å². The van der Waals surface area contributed by atoms with Crippen LogP contribution in [0.3, 0.4) is 0 Å². The number of nitrogens with zero attached hydrogens (tertiary/aromatic N) is 3. The third-order valence-corrected chi connectivity index (χ3v) is 5.96. The fraction of sp³-hybridized carbons (Fsp3) is 0.696. The molecule has 1 aliphatic heterocycles. The van der Waals surface area contributed by atoms with Crippen LogP contribution >= 0.6 is 24.0 Å². The highest BCUT2D eigenvalue weighted by Gasteiger charge is 2.22. The minimum Gasteiger partial charge on any atom is -0.356 e. The van der Waals surface area contributed by atoms with Gasteiger partial charge in [0, 0.05) is 32.7 Å². The fourth-order valence-corrected chi connectivity index (χ4v) is 4.19. The molecule has 2 rings (SSSR count). The first-order chi connectivity index (χ1) is 13.6. The first-order valence-electron chi connectivity index (χ1n) is 11.1. The number of piperidine rings is 1. The molecule has 0 aliphatic carbocycles. The van der Waals surface area contributed by atoms with Crippen molar-refractivity contribution in [1.29, 1.82) is 0 Å². The molecule has 2 N–H and O–H groups in total. The zero-order valence-corrected chi connectivity index (χ0v) is 21.4. The van der Waals surface area contributed by atoms with Crippen molar-refractivity contribution in [3.63, 3.8) is 0 Å². The van der Waals surface area contributed by atoms with Gasteiger partial charge in [-0.3, -0.25) is 9.89 Å². The van der Waals surface area contributed by atoms with E-state index in [1.54, 1.807) is 0 Å².